The van der Waals surface area contributed by atoms with Crippen LogP contribution < -0.4 is 11.1 Å². The van der Waals surface area contributed by atoms with Crippen LogP contribution >= 0.6 is 0 Å². The first kappa shape index (κ1) is 15.1. The van der Waals surface area contributed by atoms with Crippen molar-refractivity contribution in [2.24, 2.45) is 11.1 Å². The lowest BCUT2D eigenvalue weighted by atomic mass is 9.87. The number of carboxylic acid groups (broad SMARTS) is 1. The van der Waals surface area contributed by atoms with Gasteiger partial charge in [-0.25, -0.2) is 9.18 Å². The lowest BCUT2D eigenvalue weighted by Gasteiger charge is -2.26. The zero-order valence-electron chi connectivity index (χ0n) is 11.0. The monoisotopic (exact) mass is 268 g/mol. The molecule has 0 aliphatic heterocycles. The van der Waals surface area contributed by atoms with Crippen LogP contribution in [0.5, 0.6) is 0 Å². The molecule has 0 aliphatic carbocycles. The maximum Gasteiger partial charge on any atom is 0.337 e. The second-order valence-electron chi connectivity index (χ2n) is 5.33. The minimum Gasteiger partial charge on any atom is -0.478 e. The fourth-order valence-corrected chi connectivity index (χ4v) is 1.41. The van der Waals surface area contributed by atoms with Gasteiger partial charge in [-0.15, -0.1) is 0 Å². The van der Waals surface area contributed by atoms with E-state index in [-0.39, 0.29) is 11.3 Å². The van der Waals surface area contributed by atoms with E-state index in [0.717, 1.165) is 18.2 Å². The van der Waals surface area contributed by atoms with Crippen molar-refractivity contribution in [1.82, 2.24) is 0 Å². The Bertz CT molecular complexity index is 509. The van der Waals surface area contributed by atoms with E-state index in [1.807, 2.05) is 0 Å². The highest BCUT2D eigenvalue weighted by molar-refractivity contribution is 6.02. The van der Waals surface area contributed by atoms with E-state index in [9.17, 15) is 14.0 Å². The Labute approximate surface area is 110 Å². The van der Waals surface area contributed by atoms with E-state index in [1.54, 1.807) is 20.8 Å². The van der Waals surface area contributed by atoms with Crippen LogP contribution in [0.15, 0.2) is 18.2 Å². The summed E-state index contributed by atoms with van der Waals surface area (Å²) in [6, 6.07) is 2.23. The van der Waals surface area contributed by atoms with Crippen LogP contribution in [-0.4, -0.2) is 23.0 Å². The van der Waals surface area contributed by atoms with Crippen molar-refractivity contribution >= 4 is 17.6 Å². The molecule has 0 radical (unpaired) electrons. The predicted molar refractivity (Wildman–Crippen MR) is 69.4 cm³/mol. The van der Waals surface area contributed by atoms with Crippen LogP contribution in [-0.2, 0) is 4.79 Å². The van der Waals surface area contributed by atoms with Gasteiger partial charge >= 0.3 is 5.97 Å². The normalized spacial score (nSPS) is 12.9. The molecule has 1 atom stereocenters. The number of hydrogen-bond donors (Lipinski definition) is 3. The molecular formula is C13H17FN2O3. The first-order valence-electron chi connectivity index (χ1n) is 5.72. The number of rotatable bonds is 3. The number of carbonyl (C=O) groups is 2. The van der Waals surface area contributed by atoms with Crippen LogP contribution in [0.25, 0.3) is 0 Å². The molecule has 0 saturated carbocycles. The van der Waals surface area contributed by atoms with Gasteiger partial charge in [0.15, 0.2) is 0 Å². The average molecular weight is 268 g/mol. The highest BCUT2D eigenvalue weighted by Crippen LogP contribution is 2.21. The molecule has 1 unspecified atom stereocenters. The van der Waals surface area contributed by atoms with E-state index in [0.29, 0.717) is 0 Å². The van der Waals surface area contributed by atoms with E-state index >= 15 is 0 Å². The number of anilines is 1. The summed E-state index contributed by atoms with van der Waals surface area (Å²) in [7, 11) is 0. The zero-order chi connectivity index (χ0) is 14.8. The van der Waals surface area contributed by atoms with Crippen LogP contribution in [0, 0.1) is 11.2 Å². The SMILES string of the molecule is CC(C)(C)C(N)C(=O)Nc1cc(F)ccc1C(=O)O. The minimum atomic E-state index is -1.25. The van der Waals surface area contributed by atoms with Crippen molar-refractivity contribution in [3.05, 3.63) is 29.6 Å². The molecular weight excluding hydrogens is 251 g/mol. The van der Waals surface area contributed by atoms with Crippen molar-refractivity contribution < 1.29 is 19.1 Å². The Hall–Kier alpha value is -1.95. The van der Waals surface area contributed by atoms with Gasteiger partial charge in [-0.3, -0.25) is 4.79 Å². The second kappa shape index (κ2) is 5.36. The molecule has 0 bridgehead atoms. The third-order valence-electron chi connectivity index (χ3n) is 2.69. The lowest BCUT2D eigenvalue weighted by Crippen LogP contribution is -2.45. The van der Waals surface area contributed by atoms with Crippen molar-refractivity contribution in [2.45, 2.75) is 26.8 Å². The molecule has 1 aromatic rings. The van der Waals surface area contributed by atoms with Crippen molar-refractivity contribution in [1.29, 1.82) is 0 Å². The molecule has 5 nitrogen and oxygen atoms in total. The molecule has 1 aromatic carbocycles. The summed E-state index contributed by atoms with van der Waals surface area (Å²) in [6.45, 7) is 5.34. The molecule has 1 amide bonds. The van der Waals surface area contributed by atoms with Crippen LogP contribution in [0.2, 0.25) is 0 Å². The van der Waals surface area contributed by atoms with Gasteiger partial charge in [0.2, 0.25) is 5.91 Å². The Morgan fingerprint density at radius 1 is 1.37 bits per heavy atom. The van der Waals surface area contributed by atoms with Gasteiger partial charge in [0, 0.05) is 0 Å². The molecule has 1 rings (SSSR count). The average Bonchev–Trinajstić information content (AvgIpc) is 2.26. The van der Waals surface area contributed by atoms with Gasteiger partial charge in [0.25, 0.3) is 0 Å². The second-order valence-corrected chi connectivity index (χ2v) is 5.33. The molecule has 0 spiro atoms. The summed E-state index contributed by atoms with van der Waals surface area (Å²) >= 11 is 0. The number of nitrogens with one attached hydrogen (secondary N) is 1. The standard InChI is InChI=1S/C13H17FN2O3/c1-13(2,3)10(15)11(17)16-9-6-7(14)4-5-8(9)12(18)19/h4-6,10H,15H2,1-3H3,(H,16,17)(H,18,19). The largest absolute Gasteiger partial charge is 0.478 e. The Balaban J connectivity index is 3.02. The minimum absolute atomic E-state index is 0.0998. The fourth-order valence-electron chi connectivity index (χ4n) is 1.41. The maximum atomic E-state index is 13.1. The van der Waals surface area contributed by atoms with Crippen LogP contribution in [0.1, 0.15) is 31.1 Å². The quantitative estimate of drug-likeness (QED) is 0.779. The number of aromatic carboxylic acids is 1. The number of amides is 1. The Morgan fingerprint density at radius 2 is 1.95 bits per heavy atom. The number of nitrogens with two attached hydrogens (primary N) is 1. The summed E-state index contributed by atoms with van der Waals surface area (Å²) < 4.78 is 13.1. The predicted octanol–water partition coefficient (Wildman–Crippen LogP) is 1.84. The number of carbonyl (C=O) groups excluding carboxylic acids is 1. The number of benzene rings is 1. The third kappa shape index (κ3) is 3.75. The number of hydrogen-bond acceptors (Lipinski definition) is 3. The zero-order valence-corrected chi connectivity index (χ0v) is 11.0. The van der Waals surface area contributed by atoms with Crippen molar-refractivity contribution in [3.8, 4) is 0 Å². The number of halogens is 1. The summed E-state index contributed by atoms with van der Waals surface area (Å²) in [5, 5.41) is 11.3. The van der Waals surface area contributed by atoms with E-state index < -0.39 is 29.2 Å². The summed E-state index contributed by atoms with van der Waals surface area (Å²) in [6.07, 6.45) is 0. The molecule has 104 valence electrons. The maximum absolute atomic E-state index is 13.1. The molecule has 0 heterocycles. The Morgan fingerprint density at radius 3 is 2.42 bits per heavy atom. The smallest absolute Gasteiger partial charge is 0.337 e. The lowest BCUT2D eigenvalue weighted by molar-refractivity contribution is -0.119. The number of carboxylic acids is 1. The van der Waals surface area contributed by atoms with E-state index in [1.165, 1.54) is 0 Å². The molecule has 0 aromatic heterocycles. The summed E-state index contributed by atoms with van der Waals surface area (Å²) in [5.41, 5.74) is 4.98. The van der Waals surface area contributed by atoms with Gasteiger partial charge in [-0.1, -0.05) is 20.8 Å². The van der Waals surface area contributed by atoms with Gasteiger partial charge < -0.3 is 16.2 Å². The third-order valence-corrected chi connectivity index (χ3v) is 2.69. The van der Waals surface area contributed by atoms with Gasteiger partial charge in [0.05, 0.1) is 17.3 Å². The van der Waals surface area contributed by atoms with E-state index in [2.05, 4.69) is 5.32 Å². The molecule has 4 N–H and O–H groups in total. The van der Waals surface area contributed by atoms with Crippen molar-refractivity contribution in [3.63, 3.8) is 0 Å². The van der Waals surface area contributed by atoms with E-state index in [4.69, 9.17) is 10.8 Å². The Kier molecular flexibility index (Phi) is 4.26. The topological polar surface area (TPSA) is 92.4 Å². The van der Waals surface area contributed by atoms with Crippen molar-refractivity contribution in [2.75, 3.05) is 5.32 Å². The molecule has 0 fully saturated rings. The summed E-state index contributed by atoms with van der Waals surface area (Å²) in [4.78, 5) is 22.9. The van der Waals surface area contributed by atoms with Gasteiger partial charge in [-0.2, -0.15) is 0 Å². The summed E-state index contributed by atoms with van der Waals surface area (Å²) in [5.74, 6) is -2.44. The fraction of sp³-hybridized carbons (Fsp3) is 0.385. The highest BCUT2D eigenvalue weighted by Gasteiger charge is 2.28. The highest BCUT2D eigenvalue weighted by atomic mass is 19.1. The molecule has 6 heteroatoms. The van der Waals surface area contributed by atoms with Gasteiger partial charge in [0.1, 0.15) is 5.82 Å². The molecule has 19 heavy (non-hydrogen) atoms. The molecule has 0 aliphatic rings. The van der Waals surface area contributed by atoms with Crippen LogP contribution in [0.4, 0.5) is 10.1 Å². The molecule has 0 saturated heterocycles. The van der Waals surface area contributed by atoms with Gasteiger partial charge in [-0.05, 0) is 23.6 Å². The van der Waals surface area contributed by atoms with Crippen LogP contribution in [0.3, 0.4) is 0 Å². The first-order valence-corrected chi connectivity index (χ1v) is 5.72. The first-order chi connectivity index (χ1) is 8.62.